The van der Waals surface area contributed by atoms with Crippen LogP contribution in [0.4, 0.5) is 5.69 Å². The van der Waals surface area contributed by atoms with Gasteiger partial charge >= 0.3 is 0 Å². The highest BCUT2D eigenvalue weighted by molar-refractivity contribution is 9.10. The van der Waals surface area contributed by atoms with E-state index in [0.717, 1.165) is 16.3 Å². The number of nitrogens with one attached hydrogen (secondary N) is 1. The molecule has 2 atom stereocenters. The highest BCUT2D eigenvalue weighted by atomic mass is 79.9. The van der Waals surface area contributed by atoms with Crippen LogP contribution in [0.25, 0.3) is 0 Å². The zero-order chi connectivity index (χ0) is 27.9. The summed E-state index contributed by atoms with van der Waals surface area (Å²) in [5, 5.41) is 3.46. The molecule has 0 spiro atoms. The van der Waals surface area contributed by atoms with Crippen LogP contribution >= 0.6 is 27.5 Å². The highest BCUT2D eigenvalue weighted by Gasteiger charge is 2.32. The van der Waals surface area contributed by atoms with Crippen LogP contribution in [-0.2, 0) is 26.2 Å². The fraction of sp³-hybridized carbons (Fsp3) is 0.286. The standard InChI is InChI=1S/C28H31BrClN3O4S/c1-4-20(2)31-28(35)21(3)32(18-22-13-15-24(30)16-14-22)27(34)19-33(25-10-8-9-23(29)17-25)38(36,37)26-11-6-5-7-12-26/h5-17,20-21H,4,18-19H2,1-3H3,(H,31,35)/t20-,21+/m1/s1. The molecule has 0 aliphatic carbocycles. The number of carbonyl (C=O) groups excluding carboxylic acids is 2. The van der Waals surface area contributed by atoms with Crippen molar-refractivity contribution in [3.8, 4) is 0 Å². The van der Waals surface area contributed by atoms with Crippen molar-refractivity contribution < 1.29 is 18.0 Å². The second-order valence-corrected chi connectivity index (χ2v) is 12.2. The van der Waals surface area contributed by atoms with E-state index < -0.39 is 28.5 Å². The maximum Gasteiger partial charge on any atom is 0.264 e. The number of amides is 2. The monoisotopic (exact) mass is 619 g/mol. The Balaban J connectivity index is 2.01. The van der Waals surface area contributed by atoms with Gasteiger partial charge in [0, 0.05) is 22.1 Å². The van der Waals surface area contributed by atoms with Crippen molar-refractivity contribution in [1.29, 1.82) is 0 Å². The Bertz CT molecular complexity index is 1350. The molecule has 7 nitrogen and oxygen atoms in total. The Labute approximate surface area is 238 Å². The zero-order valence-electron chi connectivity index (χ0n) is 21.5. The van der Waals surface area contributed by atoms with Gasteiger partial charge in [0.1, 0.15) is 12.6 Å². The van der Waals surface area contributed by atoms with E-state index in [0.29, 0.717) is 15.2 Å². The molecule has 0 saturated carbocycles. The van der Waals surface area contributed by atoms with Crippen molar-refractivity contribution in [2.75, 3.05) is 10.8 Å². The van der Waals surface area contributed by atoms with E-state index in [1.54, 1.807) is 73.7 Å². The molecule has 38 heavy (non-hydrogen) atoms. The van der Waals surface area contributed by atoms with Crippen LogP contribution in [0.3, 0.4) is 0 Å². The number of carbonyl (C=O) groups is 2. The van der Waals surface area contributed by atoms with Gasteiger partial charge in [0.2, 0.25) is 11.8 Å². The van der Waals surface area contributed by atoms with E-state index in [4.69, 9.17) is 11.6 Å². The summed E-state index contributed by atoms with van der Waals surface area (Å²) in [6, 6.07) is 20.7. The predicted octanol–water partition coefficient (Wildman–Crippen LogP) is 5.63. The summed E-state index contributed by atoms with van der Waals surface area (Å²) in [6.45, 7) is 5.08. The minimum Gasteiger partial charge on any atom is -0.352 e. The molecule has 2 amide bonds. The molecular weight excluding hydrogens is 590 g/mol. The fourth-order valence-corrected chi connectivity index (χ4v) is 5.65. The number of benzene rings is 3. The maximum absolute atomic E-state index is 13.9. The van der Waals surface area contributed by atoms with E-state index in [1.165, 1.54) is 17.0 Å². The van der Waals surface area contributed by atoms with E-state index in [2.05, 4.69) is 21.2 Å². The first-order chi connectivity index (χ1) is 18.0. The lowest BCUT2D eigenvalue weighted by atomic mass is 10.1. The lowest BCUT2D eigenvalue weighted by Crippen LogP contribution is -2.52. The Hall–Kier alpha value is -2.88. The second kappa shape index (κ2) is 13.3. The minimum atomic E-state index is -4.10. The van der Waals surface area contributed by atoms with E-state index in [9.17, 15) is 18.0 Å². The first kappa shape index (κ1) is 29.7. The predicted molar refractivity (Wildman–Crippen MR) is 154 cm³/mol. The molecule has 0 fully saturated rings. The summed E-state index contributed by atoms with van der Waals surface area (Å²) < 4.78 is 29.2. The first-order valence-electron chi connectivity index (χ1n) is 12.2. The van der Waals surface area contributed by atoms with Crippen LogP contribution in [0.2, 0.25) is 5.02 Å². The van der Waals surface area contributed by atoms with Gasteiger partial charge in [-0.1, -0.05) is 70.9 Å². The van der Waals surface area contributed by atoms with Crippen LogP contribution in [0.1, 0.15) is 32.8 Å². The topological polar surface area (TPSA) is 86.8 Å². The number of halogens is 2. The van der Waals surface area contributed by atoms with Crippen LogP contribution in [0.5, 0.6) is 0 Å². The van der Waals surface area contributed by atoms with Gasteiger partial charge < -0.3 is 10.2 Å². The average Bonchev–Trinajstić information content (AvgIpc) is 2.91. The Kier molecular flexibility index (Phi) is 10.4. The van der Waals surface area contributed by atoms with Crippen molar-refractivity contribution in [1.82, 2.24) is 10.2 Å². The Morgan fingerprint density at radius 3 is 2.24 bits per heavy atom. The van der Waals surface area contributed by atoms with E-state index in [1.807, 2.05) is 13.8 Å². The first-order valence-corrected chi connectivity index (χ1v) is 14.8. The van der Waals surface area contributed by atoms with Gasteiger partial charge in [-0.05, 0) is 68.3 Å². The third kappa shape index (κ3) is 7.58. The van der Waals surface area contributed by atoms with Crippen LogP contribution in [0.15, 0.2) is 88.2 Å². The summed E-state index contributed by atoms with van der Waals surface area (Å²) in [6.07, 6.45) is 0.732. The number of hydrogen-bond acceptors (Lipinski definition) is 4. The van der Waals surface area contributed by atoms with Crippen molar-refractivity contribution in [2.24, 2.45) is 0 Å². The lowest BCUT2D eigenvalue weighted by Gasteiger charge is -2.32. The van der Waals surface area contributed by atoms with Gasteiger partial charge in [0.05, 0.1) is 10.6 Å². The van der Waals surface area contributed by atoms with Gasteiger partial charge in [-0.25, -0.2) is 8.42 Å². The van der Waals surface area contributed by atoms with Gasteiger partial charge in [-0.3, -0.25) is 13.9 Å². The lowest BCUT2D eigenvalue weighted by molar-refractivity contribution is -0.139. The molecule has 0 saturated heterocycles. The molecule has 0 radical (unpaired) electrons. The minimum absolute atomic E-state index is 0.0552. The van der Waals surface area contributed by atoms with E-state index >= 15 is 0 Å². The normalized spacial score (nSPS) is 12.9. The van der Waals surface area contributed by atoms with Gasteiger partial charge in [-0.2, -0.15) is 0 Å². The summed E-state index contributed by atoms with van der Waals surface area (Å²) in [7, 11) is -4.10. The summed E-state index contributed by atoms with van der Waals surface area (Å²) in [4.78, 5) is 28.4. The zero-order valence-corrected chi connectivity index (χ0v) is 24.6. The molecule has 0 unspecified atom stereocenters. The van der Waals surface area contributed by atoms with Crippen LogP contribution in [-0.4, -0.2) is 43.8 Å². The van der Waals surface area contributed by atoms with Crippen molar-refractivity contribution in [3.63, 3.8) is 0 Å². The number of hydrogen-bond donors (Lipinski definition) is 1. The molecule has 3 rings (SSSR count). The molecule has 0 heterocycles. The molecule has 0 aliphatic rings. The quantitative estimate of drug-likeness (QED) is 0.301. The highest BCUT2D eigenvalue weighted by Crippen LogP contribution is 2.27. The summed E-state index contributed by atoms with van der Waals surface area (Å²) >= 11 is 9.42. The number of anilines is 1. The third-order valence-corrected chi connectivity index (χ3v) is 8.67. The fourth-order valence-electron chi connectivity index (χ4n) is 3.71. The molecule has 0 bridgehead atoms. The van der Waals surface area contributed by atoms with Gasteiger partial charge in [0.15, 0.2) is 0 Å². The molecule has 1 N–H and O–H groups in total. The molecule has 3 aromatic carbocycles. The SMILES string of the molecule is CC[C@@H](C)NC(=O)[C@H](C)N(Cc1ccc(Cl)cc1)C(=O)CN(c1cccc(Br)c1)S(=O)(=O)c1ccccc1. The van der Waals surface area contributed by atoms with Crippen LogP contribution in [0, 0.1) is 0 Å². The number of rotatable bonds is 11. The molecule has 0 aromatic heterocycles. The Morgan fingerprint density at radius 2 is 1.63 bits per heavy atom. The smallest absolute Gasteiger partial charge is 0.264 e. The average molecular weight is 621 g/mol. The molecule has 0 aliphatic heterocycles. The summed E-state index contributed by atoms with van der Waals surface area (Å²) in [5.74, 6) is -0.840. The van der Waals surface area contributed by atoms with Gasteiger partial charge in [-0.15, -0.1) is 0 Å². The third-order valence-electron chi connectivity index (χ3n) is 6.14. The summed E-state index contributed by atoms with van der Waals surface area (Å²) in [5.41, 5.74) is 1.07. The molecule has 3 aromatic rings. The molecule has 10 heteroatoms. The van der Waals surface area contributed by atoms with Gasteiger partial charge in [0.25, 0.3) is 10.0 Å². The molecule has 202 valence electrons. The van der Waals surface area contributed by atoms with E-state index in [-0.39, 0.29) is 23.4 Å². The van der Waals surface area contributed by atoms with Crippen molar-refractivity contribution in [3.05, 3.63) is 93.9 Å². The van der Waals surface area contributed by atoms with Crippen molar-refractivity contribution in [2.45, 2.75) is 50.7 Å². The Morgan fingerprint density at radius 1 is 0.974 bits per heavy atom. The second-order valence-electron chi connectivity index (χ2n) is 8.95. The van der Waals surface area contributed by atoms with Crippen molar-refractivity contribution >= 4 is 55.1 Å². The maximum atomic E-state index is 13.9. The number of sulfonamides is 1. The molecular formula is C28H31BrClN3O4S. The number of nitrogens with zero attached hydrogens (tertiary/aromatic N) is 2. The largest absolute Gasteiger partial charge is 0.352 e. The van der Waals surface area contributed by atoms with Crippen LogP contribution < -0.4 is 9.62 Å².